The second kappa shape index (κ2) is 5.99. The molecular weight excluding hydrogens is 266 g/mol. The fraction of sp³-hybridized carbons (Fsp3) is 0.375. The number of aromatic nitrogens is 2. The van der Waals surface area contributed by atoms with E-state index in [1.807, 2.05) is 36.7 Å². The minimum Gasteiger partial charge on any atom is -0.493 e. The summed E-state index contributed by atoms with van der Waals surface area (Å²) in [4.78, 5) is 10.9. The van der Waals surface area contributed by atoms with Gasteiger partial charge in [-0.3, -0.25) is 0 Å². The van der Waals surface area contributed by atoms with Gasteiger partial charge in [-0.15, -0.1) is 0 Å². The summed E-state index contributed by atoms with van der Waals surface area (Å²) in [6, 6.07) is 7.70. The summed E-state index contributed by atoms with van der Waals surface area (Å²) in [7, 11) is 1.65. The number of aryl methyl sites for hydroxylation is 1. The fourth-order valence-corrected chi connectivity index (χ4v) is 2.27. The smallest absolute Gasteiger partial charge is 0.225 e. The number of para-hydroxylation sites is 2. The third-order valence-electron chi connectivity index (χ3n) is 3.59. The van der Waals surface area contributed by atoms with Gasteiger partial charge in [-0.1, -0.05) is 19.1 Å². The summed E-state index contributed by atoms with van der Waals surface area (Å²) in [6.45, 7) is 3.69. The lowest BCUT2D eigenvalue weighted by molar-refractivity contribution is 0.160. The van der Waals surface area contributed by atoms with E-state index in [-0.39, 0.29) is 6.10 Å². The van der Waals surface area contributed by atoms with E-state index in [1.165, 1.54) is 0 Å². The molecule has 110 valence electrons. The maximum absolute atomic E-state index is 5.95. The summed E-state index contributed by atoms with van der Waals surface area (Å²) in [5.41, 5.74) is 1.15. The Morgan fingerprint density at radius 2 is 1.81 bits per heavy atom. The van der Waals surface area contributed by atoms with E-state index in [1.54, 1.807) is 7.11 Å². The number of benzene rings is 1. The Bertz CT molecular complexity index is 595. The molecule has 0 aliphatic carbocycles. The Morgan fingerprint density at radius 3 is 2.43 bits per heavy atom. The Balaban J connectivity index is 1.58. The van der Waals surface area contributed by atoms with Crippen LogP contribution in [0.4, 0.5) is 5.95 Å². The third kappa shape index (κ3) is 2.91. The van der Waals surface area contributed by atoms with Crippen LogP contribution in [0.15, 0.2) is 36.7 Å². The average molecular weight is 285 g/mol. The van der Waals surface area contributed by atoms with Crippen LogP contribution < -0.4 is 14.4 Å². The Hall–Kier alpha value is -2.30. The molecule has 0 radical (unpaired) electrons. The third-order valence-corrected chi connectivity index (χ3v) is 3.59. The predicted molar refractivity (Wildman–Crippen MR) is 81.0 cm³/mol. The first-order valence-electron chi connectivity index (χ1n) is 7.15. The second-order valence-electron chi connectivity index (χ2n) is 5.04. The average Bonchev–Trinajstić information content (AvgIpc) is 2.51. The van der Waals surface area contributed by atoms with Crippen LogP contribution in [0, 0.1) is 0 Å². The first kappa shape index (κ1) is 13.7. The molecule has 0 saturated carbocycles. The largest absolute Gasteiger partial charge is 0.493 e. The summed E-state index contributed by atoms with van der Waals surface area (Å²) in [5, 5.41) is 0. The highest BCUT2D eigenvalue weighted by molar-refractivity contribution is 5.41. The van der Waals surface area contributed by atoms with Crippen LogP contribution in [-0.2, 0) is 6.42 Å². The minimum absolute atomic E-state index is 0.149. The van der Waals surface area contributed by atoms with E-state index in [9.17, 15) is 0 Å². The number of rotatable bonds is 5. The first-order valence-corrected chi connectivity index (χ1v) is 7.15. The van der Waals surface area contributed by atoms with Gasteiger partial charge in [0.05, 0.1) is 20.2 Å². The van der Waals surface area contributed by atoms with Gasteiger partial charge in [0.1, 0.15) is 6.10 Å². The number of methoxy groups -OCH3 is 1. The summed E-state index contributed by atoms with van der Waals surface area (Å²) < 4.78 is 11.2. The Labute approximate surface area is 124 Å². The molecule has 1 aliphatic rings. The Morgan fingerprint density at radius 1 is 1.14 bits per heavy atom. The van der Waals surface area contributed by atoms with Gasteiger partial charge in [0, 0.05) is 12.4 Å². The van der Waals surface area contributed by atoms with E-state index in [2.05, 4.69) is 21.8 Å². The van der Waals surface area contributed by atoms with Crippen LogP contribution in [0.3, 0.4) is 0 Å². The lowest BCUT2D eigenvalue weighted by atomic mass is 10.2. The van der Waals surface area contributed by atoms with E-state index >= 15 is 0 Å². The van der Waals surface area contributed by atoms with Gasteiger partial charge in [0.2, 0.25) is 5.95 Å². The summed E-state index contributed by atoms with van der Waals surface area (Å²) in [5.74, 6) is 2.32. The van der Waals surface area contributed by atoms with Crippen LogP contribution in [0.1, 0.15) is 12.5 Å². The van der Waals surface area contributed by atoms with E-state index < -0.39 is 0 Å². The van der Waals surface area contributed by atoms with Crippen molar-refractivity contribution < 1.29 is 9.47 Å². The molecule has 0 N–H and O–H groups in total. The number of ether oxygens (including phenoxy) is 2. The number of hydrogen-bond acceptors (Lipinski definition) is 5. The molecule has 0 amide bonds. The molecule has 5 heteroatoms. The van der Waals surface area contributed by atoms with Crippen LogP contribution in [0.5, 0.6) is 11.5 Å². The SMILES string of the molecule is CCc1cnc(N2CC(Oc3ccccc3OC)C2)nc1. The fourth-order valence-electron chi connectivity index (χ4n) is 2.27. The van der Waals surface area contributed by atoms with Crippen molar-refractivity contribution >= 4 is 5.95 Å². The van der Waals surface area contributed by atoms with Gasteiger partial charge in [-0.2, -0.15) is 0 Å². The lowest BCUT2D eigenvalue weighted by Crippen LogP contribution is -2.54. The summed E-state index contributed by atoms with van der Waals surface area (Å²) in [6.07, 6.45) is 4.88. The van der Waals surface area contributed by atoms with Gasteiger partial charge in [0.25, 0.3) is 0 Å². The molecule has 1 aliphatic heterocycles. The maximum atomic E-state index is 5.95. The molecule has 0 unspecified atom stereocenters. The van der Waals surface area contributed by atoms with Crippen molar-refractivity contribution in [2.24, 2.45) is 0 Å². The number of nitrogens with zero attached hydrogens (tertiary/aromatic N) is 3. The van der Waals surface area contributed by atoms with Gasteiger partial charge >= 0.3 is 0 Å². The zero-order valence-corrected chi connectivity index (χ0v) is 12.3. The number of anilines is 1. The maximum Gasteiger partial charge on any atom is 0.225 e. The highest BCUT2D eigenvalue weighted by atomic mass is 16.5. The molecule has 2 aromatic rings. The molecule has 1 aromatic heterocycles. The molecule has 0 bridgehead atoms. The monoisotopic (exact) mass is 285 g/mol. The van der Waals surface area contributed by atoms with Crippen LogP contribution >= 0.6 is 0 Å². The molecular formula is C16H19N3O2. The van der Waals surface area contributed by atoms with Crippen molar-refractivity contribution in [3.63, 3.8) is 0 Å². The van der Waals surface area contributed by atoms with Crippen molar-refractivity contribution in [2.75, 3.05) is 25.1 Å². The first-order chi connectivity index (χ1) is 10.3. The molecule has 1 saturated heterocycles. The highest BCUT2D eigenvalue weighted by Gasteiger charge is 2.30. The van der Waals surface area contributed by atoms with Gasteiger partial charge < -0.3 is 14.4 Å². The van der Waals surface area contributed by atoms with Crippen molar-refractivity contribution in [3.8, 4) is 11.5 Å². The quantitative estimate of drug-likeness (QED) is 0.843. The molecule has 1 aromatic carbocycles. The van der Waals surface area contributed by atoms with Gasteiger partial charge in [0.15, 0.2) is 11.5 Å². The van der Waals surface area contributed by atoms with Gasteiger partial charge in [-0.05, 0) is 24.1 Å². The minimum atomic E-state index is 0.149. The van der Waals surface area contributed by atoms with Crippen LogP contribution in [-0.4, -0.2) is 36.3 Å². The topological polar surface area (TPSA) is 47.5 Å². The van der Waals surface area contributed by atoms with E-state index in [4.69, 9.17) is 9.47 Å². The standard InChI is InChI=1S/C16H19N3O2/c1-3-12-8-17-16(18-9-12)19-10-13(11-19)21-15-7-5-4-6-14(15)20-2/h4-9,13H,3,10-11H2,1-2H3. The van der Waals surface area contributed by atoms with Crippen molar-refractivity contribution in [3.05, 3.63) is 42.2 Å². The highest BCUT2D eigenvalue weighted by Crippen LogP contribution is 2.29. The lowest BCUT2D eigenvalue weighted by Gasteiger charge is -2.39. The Kier molecular flexibility index (Phi) is 3.90. The molecule has 21 heavy (non-hydrogen) atoms. The normalized spacial score (nSPS) is 14.7. The van der Waals surface area contributed by atoms with Crippen LogP contribution in [0.2, 0.25) is 0 Å². The molecule has 3 rings (SSSR count). The van der Waals surface area contributed by atoms with Crippen LogP contribution in [0.25, 0.3) is 0 Å². The second-order valence-corrected chi connectivity index (χ2v) is 5.04. The molecule has 0 spiro atoms. The zero-order chi connectivity index (χ0) is 14.7. The molecule has 0 atom stereocenters. The van der Waals surface area contributed by atoms with Gasteiger partial charge in [-0.25, -0.2) is 9.97 Å². The number of hydrogen-bond donors (Lipinski definition) is 0. The summed E-state index contributed by atoms with van der Waals surface area (Å²) >= 11 is 0. The van der Waals surface area contributed by atoms with E-state index in [0.29, 0.717) is 0 Å². The zero-order valence-electron chi connectivity index (χ0n) is 12.3. The van der Waals surface area contributed by atoms with Crippen molar-refractivity contribution in [1.29, 1.82) is 0 Å². The predicted octanol–water partition coefficient (Wildman–Crippen LogP) is 2.32. The van der Waals surface area contributed by atoms with Crippen molar-refractivity contribution in [2.45, 2.75) is 19.4 Å². The molecule has 1 fully saturated rings. The molecule has 2 heterocycles. The van der Waals surface area contributed by atoms with E-state index in [0.717, 1.165) is 42.5 Å². The van der Waals surface area contributed by atoms with Crippen molar-refractivity contribution in [1.82, 2.24) is 9.97 Å². The molecule has 5 nitrogen and oxygen atoms in total.